The van der Waals surface area contributed by atoms with Crippen LogP contribution in [0.2, 0.25) is 0 Å². The average molecular weight is 314 g/mol. The van der Waals surface area contributed by atoms with E-state index in [2.05, 4.69) is 20.3 Å². The van der Waals surface area contributed by atoms with E-state index in [1.807, 2.05) is 24.3 Å². The molecule has 0 unspecified atom stereocenters. The lowest BCUT2D eigenvalue weighted by Crippen LogP contribution is -2.23. The van der Waals surface area contributed by atoms with E-state index >= 15 is 0 Å². The predicted molar refractivity (Wildman–Crippen MR) is 92.0 cm³/mol. The van der Waals surface area contributed by atoms with Crippen molar-refractivity contribution in [1.82, 2.24) is 15.3 Å². The Balaban J connectivity index is 1.87. The van der Waals surface area contributed by atoms with Crippen LogP contribution in [0.4, 0.5) is 0 Å². The van der Waals surface area contributed by atoms with E-state index in [0.29, 0.717) is 17.9 Å². The summed E-state index contributed by atoms with van der Waals surface area (Å²) in [6.07, 6.45) is 2.48. The smallest absolute Gasteiger partial charge is 0.258 e. The Morgan fingerprint density at radius 3 is 2.70 bits per heavy atom. The van der Waals surface area contributed by atoms with Crippen LogP contribution in [0.3, 0.4) is 0 Å². The van der Waals surface area contributed by atoms with Gasteiger partial charge in [0, 0.05) is 19.3 Å². The maximum Gasteiger partial charge on any atom is 0.258 e. The highest BCUT2D eigenvalue weighted by molar-refractivity contribution is 5.75. The summed E-state index contributed by atoms with van der Waals surface area (Å²) in [7, 11) is 0. The molecule has 1 aromatic carbocycles. The Morgan fingerprint density at radius 2 is 2.04 bits per heavy atom. The molecule has 0 radical (unpaired) electrons. The molecule has 0 atom stereocenters. The van der Waals surface area contributed by atoms with E-state index in [0.717, 1.165) is 30.6 Å². The second-order valence-electron chi connectivity index (χ2n) is 5.25. The van der Waals surface area contributed by atoms with E-state index in [-0.39, 0.29) is 11.5 Å². The highest BCUT2D eigenvalue weighted by atomic mass is 16.1. The van der Waals surface area contributed by atoms with Gasteiger partial charge >= 0.3 is 0 Å². The normalized spacial score (nSPS) is 10.5. The largest absolute Gasteiger partial charge is 0.370 e. The van der Waals surface area contributed by atoms with Gasteiger partial charge < -0.3 is 21.8 Å². The molecule has 122 valence electrons. The lowest BCUT2D eigenvalue weighted by atomic mass is 10.1. The lowest BCUT2D eigenvalue weighted by molar-refractivity contribution is 0.655. The molecule has 0 aliphatic rings. The average Bonchev–Trinajstić information content (AvgIpc) is 2.51. The molecule has 1 aromatic heterocycles. The number of aryl methyl sites for hydroxylation is 1. The van der Waals surface area contributed by atoms with E-state index in [4.69, 9.17) is 11.5 Å². The number of rotatable bonds is 7. The van der Waals surface area contributed by atoms with Crippen molar-refractivity contribution in [3.63, 3.8) is 0 Å². The van der Waals surface area contributed by atoms with Gasteiger partial charge in [-0.15, -0.1) is 0 Å². The van der Waals surface area contributed by atoms with Gasteiger partial charge in [0.05, 0.1) is 5.56 Å². The number of nitrogens with two attached hydrogens (primary N) is 2. The van der Waals surface area contributed by atoms with Crippen molar-refractivity contribution in [2.75, 3.05) is 13.1 Å². The molecule has 0 saturated heterocycles. The fraction of sp³-hybridized carbons (Fsp3) is 0.312. The Hall–Kier alpha value is -2.67. The number of nitrogens with one attached hydrogen (secondary N) is 2. The van der Waals surface area contributed by atoms with Gasteiger partial charge in [0.25, 0.3) is 5.56 Å². The van der Waals surface area contributed by atoms with Gasteiger partial charge in [-0.2, -0.15) is 0 Å². The molecule has 0 amide bonds. The van der Waals surface area contributed by atoms with Crippen molar-refractivity contribution in [3.8, 4) is 11.1 Å². The molecule has 0 aliphatic carbocycles. The molecule has 1 heterocycles. The van der Waals surface area contributed by atoms with Crippen molar-refractivity contribution in [2.24, 2.45) is 16.5 Å². The van der Waals surface area contributed by atoms with Crippen LogP contribution in [0.15, 0.2) is 40.2 Å². The first-order valence-corrected chi connectivity index (χ1v) is 7.47. The van der Waals surface area contributed by atoms with Crippen molar-refractivity contribution in [1.29, 1.82) is 0 Å². The molecule has 0 saturated carbocycles. The maximum absolute atomic E-state index is 11.9. The fourth-order valence-electron chi connectivity index (χ4n) is 2.14. The molecule has 2 aromatic rings. The second kappa shape index (κ2) is 8.09. The molecule has 23 heavy (non-hydrogen) atoms. The quantitative estimate of drug-likeness (QED) is 0.337. The third-order valence-corrected chi connectivity index (χ3v) is 3.33. The van der Waals surface area contributed by atoms with E-state index in [1.165, 1.54) is 0 Å². The van der Waals surface area contributed by atoms with E-state index in [9.17, 15) is 4.79 Å². The first-order chi connectivity index (χ1) is 11.1. The summed E-state index contributed by atoms with van der Waals surface area (Å²) in [5.74, 6) is 0.737. The summed E-state index contributed by atoms with van der Waals surface area (Å²) in [6.45, 7) is 3.97. The van der Waals surface area contributed by atoms with Crippen LogP contribution < -0.4 is 22.3 Å². The number of aliphatic imine (C=N–C) groups is 1. The van der Waals surface area contributed by atoms with Crippen LogP contribution >= 0.6 is 0 Å². The Kier molecular flexibility index (Phi) is 5.87. The van der Waals surface area contributed by atoms with Crippen LogP contribution in [0, 0.1) is 6.92 Å². The molecular weight excluding hydrogens is 292 g/mol. The van der Waals surface area contributed by atoms with Crippen LogP contribution in [0.1, 0.15) is 17.8 Å². The van der Waals surface area contributed by atoms with Crippen LogP contribution in [0.5, 0.6) is 0 Å². The van der Waals surface area contributed by atoms with Gasteiger partial charge in [0.2, 0.25) is 0 Å². The molecule has 7 heteroatoms. The summed E-state index contributed by atoms with van der Waals surface area (Å²) >= 11 is 0. The first kappa shape index (κ1) is 16.7. The Morgan fingerprint density at radius 1 is 1.30 bits per heavy atom. The minimum absolute atomic E-state index is 0.122. The summed E-state index contributed by atoms with van der Waals surface area (Å²) in [5, 5.41) is 3.32. The van der Waals surface area contributed by atoms with Crippen LogP contribution in [-0.2, 0) is 6.54 Å². The number of benzene rings is 1. The number of hydrogen-bond acceptors (Lipinski definition) is 4. The molecular formula is C16H22N6O. The molecule has 0 fully saturated rings. The van der Waals surface area contributed by atoms with Crippen LogP contribution in [-0.4, -0.2) is 29.0 Å². The van der Waals surface area contributed by atoms with Crippen molar-refractivity contribution < 1.29 is 0 Å². The number of aromatic amines is 1. The first-order valence-electron chi connectivity index (χ1n) is 7.47. The van der Waals surface area contributed by atoms with Gasteiger partial charge in [0.1, 0.15) is 5.82 Å². The Labute approximate surface area is 134 Å². The van der Waals surface area contributed by atoms with Gasteiger partial charge in [-0.1, -0.05) is 24.3 Å². The number of H-pyrrole nitrogens is 1. The van der Waals surface area contributed by atoms with Crippen molar-refractivity contribution in [3.05, 3.63) is 52.2 Å². The highest BCUT2D eigenvalue weighted by Crippen LogP contribution is 2.15. The zero-order valence-electron chi connectivity index (χ0n) is 13.2. The van der Waals surface area contributed by atoms with E-state index in [1.54, 1.807) is 13.1 Å². The molecule has 7 nitrogen and oxygen atoms in total. The van der Waals surface area contributed by atoms with Gasteiger partial charge in [-0.05, 0) is 31.0 Å². The SMILES string of the molecule is Cc1ncc(-c2ccc(CNCCCN=C(N)N)cc2)c(=O)[nH]1. The molecule has 0 spiro atoms. The number of nitrogens with zero attached hydrogens (tertiary/aromatic N) is 2. The zero-order chi connectivity index (χ0) is 16.7. The number of aromatic nitrogens is 2. The second-order valence-corrected chi connectivity index (χ2v) is 5.25. The van der Waals surface area contributed by atoms with Gasteiger partial charge in [-0.3, -0.25) is 9.79 Å². The monoisotopic (exact) mass is 314 g/mol. The highest BCUT2D eigenvalue weighted by Gasteiger charge is 2.04. The van der Waals surface area contributed by atoms with Gasteiger partial charge in [-0.25, -0.2) is 4.98 Å². The summed E-state index contributed by atoms with van der Waals surface area (Å²) in [5.41, 5.74) is 13.0. The Bertz CT molecular complexity index is 716. The minimum Gasteiger partial charge on any atom is -0.370 e. The minimum atomic E-state index is -0.122. The topological polar surface area (TPSA) is 122 Å². The predicted octanol–water partition coefficient (Wildman–Crippen LogP) is 0.498. The van der Waals surface area contributed by atoms with Gasteiger partial charge in [0.15, 0.2) is 5.96 Å². The maximum atomic E-state index is 11.9. The van der Waals surface area contributed by atoms with E-state index < -0.39 is 0 Å². The lowest BCUT2D eigenvalue weighted by Gasteiger charge is -2.06. The summed E-state index contributed by atoms with van der Waals surface area (Å²) < 4.78 is 0. The third-order valence-electron chi connectivity index (χ3n) is 3.33. The molecule has 2 rings (SSSR count). The van der Waals surface area contributed by atoms with Crippen molar-refractivity contribution >= 4 is 5.96 Å². The standard InChI is InChI=1S/C16H22N6O/c1-11-21-10-14(15(23)22-11)13-5-3-12(4-6-13)9-19-7-2-8-20-16(17)18/h3-6,10,19H,2,7-9H2,1H3,(H4,17,18,20)(H,21,22,23). The molecule has 0 bridgehead atoms. The van der Waals surface area contributed by atoms with Crippen molar-refractivity contribution in [2.45, 2.75) is 19.9 Å². The molecule has 6 N–H and O–H groups in total. The number of guanidine groups is 1. The summed E-state index contributed by atoms with van der Waals surface area (Å²) in [6, 6.07) is 7.85. The number of hydrogen-bond donors (Lipinski definition) is 4. The van der Waals surface area contributed by atoms with Crippen LogP contribution in [0.25, 0.3) is 11.1 Å². The zero-order valence-corrected chi connectivity index (χ0v) is 13.2. The third kappa shape index (κ3) is 5.23. The molecule has 0 aliphatic heterocycles. The fourth-order valence-corrected chi connectivity index (χ4v) is 2.14. The summed E-state index contributed by atoms with van der Waals surface area (Å²) in [4.78, 5) is 22.7.